The molecular formula is C19H14ClNO4S. The fraction of sp³-hybridized carbons (Fsp3) is 0.0526. The minimum Gasteiger partial charge on any atom is -0.287 e. The Bertz CT molecular complexity index is 1040. The molecular weight excluding hydrogens is 374 g/mol. The molecule has 0 saturated carbocycles. The van der Waals surface area contributed by atoms with Gasteiger partial charge in [0.2, 0.25) is 11.6 Å². The average Bonchev–Trinajstić information content (AvgIpc) is 2.66. The van der Waals surface area contributed by atoms with Crippen LogP contribution < -0.4 is 0 Å². The zero-order chi connectivity index (χ0) is 18.9. The van der Waals surface area contributed by atoms with E-state index < -0.39 is 26.6 Å². The largest absolute Gasteiger partial charge is 0.287 e. The van der Waals surface area contributed by atoms with Crippen LogP contribution in [0, 0.1) is 0 Å². The van der Waals surface area contributed by atoms with Crippen LogP contribution in [0.5, 0.6) is 0 Å². The van der Waals surface area contributed by atoms with Crippen LogP contribution >= 0.6 is 11.6 Å². The number of fused-ring (bicyclic) bond motifs is 1. The molecule has 3 rings (SSSR count). The lowest BCUT2D eigenvalue weighted by Crippen LogP contribution is -2.37. The van der Waals surface area contributed by atoms with Gasteiger partial charge in [-0.15, -0.1) is 6.58 Å². The molecule has 0 heterocycles. The summed E-state index contributed by atoms with van der Waals surface area (Å²) in [5, 5.41) is -0.421. The van der Waals surface area contributed by atoms with Gasteiger partial charge in [0.1, 0.15) is 10.7 Å². The first-order valence-electron chi connectivity index (χ1n) is 7.66. The van der Waals surface area contributed by atoms with Crippen molar-refractivity contribution >= 4 is 33.2 Å². The maximum Gasteiger partial charge on any atom is 0.264 e. The number of halogens is 1. The summed E-state index contributed by atoms with van der Waals surface area (Å²) in [5.41, 5.74) is -0.0877. The summed E-state index contributed by atoms with van der Waals surface area (Å²) in [6, 6.07) is 13.8. The smallest absolute Gasteiger partial charge is 0.264 e. The van der Waals surface area contributed by atoms with Crippen LogP contribution in [-0.4, -0.2) is 30.8 Å². The number of sulfonamides is 1. The third kappa shape index (κ3) is 2.87. The van der Waals surface area contributed by atoms with E-state index in [2.05, 4.69) is 6.58 Å². The van der Waals surface area contributed by atoms with Crippen LogP contribution in [-0.2, 0) is 10.0 Å². The van der Waals surface area contributed by atoms with Gasteiger partial charge in [-0.3, -0.25) is 13.9 Å². The van der Waals surface area contributed by atoms with Gasteiger partial charge in [-0.25, -0.2) is 8.42 Å². The molecule has 0 bridgehead atoms. The van der Waals surface area contributed by atoms with Crippen molar-refractivity contribution in [1.29, 1.82) is 0 Å². The quantitative estimate of drug-likeness (QED) is 0.737. The second-order valence-electron chi connectivity index (χ2n) is 5.50. The van der Waals surface area contributed by atoms with Crippen LogP contribution in [0.4, 0.5) is 0 Å². The molecule has 0 unspecified atom stereocenters. The minimum absolute atomic E-state index is 0.0158. The summed E-state index contributed by atoms with van der Waals surface area (Å²) < 4.78 is 26.9. The highest BCUT2D eigenvalue weighted by Crippen LogP contribution is 2.33. The predicted octanol–water partition coefficient (Wildman–Crippen LogP) is 3.39. The molecule has 0 radical (unpaired) electrons. The first-order chi connectivity index (χ1) is 12.4. The van der Waals surface area contributed by atoms with Crippen molar-refractivity contribution in [1.82, 2.24) is 4.31 Å². The monoisotopic (exact) mass is 387 g/mol. The van der Waals surface area contributed by atoms with Crippen LogP contribution in [0.2, 0.25) is 0 Å². The van der Waals surface area contributed by atoms with Gasteiger partial charge in [-0.2, -0.15) is 0 Å². The van der Waals surface area contributed by atoms with E-state index >= 15 is 0 Å². The maximum atomic E-state index is 13.1. The number of hydrogen-bond acceptors (Lipinski definition) is 4. The van der Waals surface area contributed by atoms with Gasteiger partial charge in [0.05, 0.1) is 11.4 Å². The second kappa shape index (κ2) is 6.90. The van der Waals surface area contributed by atoms with Gasteiger partial charge < -0.3 is 0 Å². The van der Waals surface area contributed by atoms with E-state index in [0.717, 1.165) is 4.31 Å². The first kappa shape index (κ1) is 18.1. The Balaban J connectivity index is 2.21. The van der Waals surface area contributed by atoms with Crippen molar-refractivity contribution in [2.24, 2.45) is 0 Å². The summed E-state index contributed by atoms with van der Waals surface area (Å²) in [6.07, 6.45) is 1.33. The predicted molar refractivity (Wildman–Crippen MR) is 98.5 cm³/mol. The Hall–Kier alpha value is -2.70. The number of ketones is 2. The number of carbonyl (C=O) groups is 2. The number of carbonyl (C=O) groups excluding carboxylic acids is 2. The number of rotatable bonds is 5. The molecule has 7 heteroatoms. The normalized spacial score (nSPS) is 14.2. The van der Waals surface area contributed by atoms with Crippen LogP contribution in [0.25, 0.3) is 0 Å². The molecule has 0 saturated heterocycles. The van der Waals surface area contributed by atoms with Crippen LogP contribution in [0.1, 0.15) is 20.7 Å². The summed E-state index contributed by atoms with van der Waals surface area (Å²) in [5.74, 6) is -1.21. The molecule has 0 spiro atoms. The fourth-order valence-electron chi connectivity index (χ4n) is 2.70. The van der Waals surface area contributed by atoms with Gasteiger partial charge in [0.15, 0.2) is 0 Å². The molecule has 132 valence electrons. The lowest BCUT2D eigenvalue weighted by molar-refractivity contribution is 0.0964. The molecule has 1 aliphatic carbocycles. The number of hydrogen-bond donors (Lipinski definition) is 0. The number of Topliss-reactive ketones (excluding diaryl/α,β-unsaturated/α-hetero) is 2. The van der Waals surface area contributed by atoms with E-state index in [1.807, 2.05) is 0 Å². The summed E-state index contributed by atoms with van der Waals surface area (Å²) in [6.45, 7) is 3.34. The third-order valence-corrected chi connectivity index (χ3v) is 6.04. The molecule has 2 aromatic rings. The van der Waals surface area contributed by atoms with Crippen molar-refractivity contribution in [2.45, 2.75) is 4.90 Å². The molecule has 0 aliphatic heterocycles. The van der Waals surface area contributed by atoms with Crippen molar-refractivity contribution in [3.05, 3.63) is 89.1 Å². The Kier molecular flexibility index (Phi) is 4.80. The van der Waals surface area contributed by atoms with Crippen molar-refractivity contribution in [3.8, 4) is 0 Å². The summed E-state index contributed by atoms with van der Waals surface area (Å²) in [4.78, 5) is 25.5. The van der Waals surface area contributed by atoms with E-state index in [4.69, 9.17) is 11.6 Å². The molecule has 0 N–H and O–H groups in total. The van der Waals surface area contributed by atoms with Gasteiger partial charge in [-0.1, -0.05) is 60.1 Å². The highest BCUT2D eigenvalue weighted by atomic mass is 35.5. The topological polar surface area (TPSA) is 71.5 Å². The zero-order valence-corrected chi connectivity index (χ0v) is 15.1. The molecule has 0 aromatic heterocycles. The third-order valence-electron chi connectivity index (χ3n) is 3.91. The first-order valence-corrected chi connectivity index (χ1v) is 9.48. The van der Waals surface area contributed by atoms with Crippen LogP contribution in [0.15, 0.2) is 82.9 Å². The van der Waals surface area contributed by atoms with E-state index in [9.17, 15) is 18.0 Å². The highest BCUT2D eigenvalue weighted by molar-refractivity contribution is 7.89. The number of allylic oxidation sites excluding steroid dienone is 2. The van der Waals surface area contributed by atoms with Crippen LogP contribution in [0.3, 0.4) is 0 Å². The standard InChI is InChI=1S/C19H14ClNO4S/c1-2-12-21(26(24,25)13-8-4-3-5-9-13)17-16(20)18(22)14-10-6-7-11-15(14)19(17)23/h2-11H,1,12H2. The molecule has 0 amide bonds. The molecule has 2 aromatic carbocycles. The minimum atomic E-state index is -4.11. The Morgan fingerprint density at radius 3 is 2.04 bits per heavy atom. The zero-order valence-electron chi connectivity index (χ0n) is 13.6. The lowest BCUT2D eigenvalue weighted by Gasteiger charge is -2.28. The Labute approximate surface area is 156 Å². The van der Waals surface area contributed by atoms with Gasteiger partial charge in [0, 0.05) is 11.1 Å². The molecule has 0 fully saturated rings. The Morgan fingerprint density at radius 2 is 1.46 bits per heavy atom. The summed E-state index contributed by atoms with van der Waals surface area (Å²) >= 11 is 6.15. The van der Waals surface area contributed by atoms with Crippen molar-refractivity contribution in [2.75, 3.05) is 6.54 Å². The van der Waals surface area contributed by atoms with E-state index in [1.54, 1.807) is 30.3 Å². The van der Waals surface area contributed by atoms with Crippen molar-refractivity contribution in [3.63, 3.8) is 0 Å². The number of nitrogens with zero attached hydrogens (tertiary/aromatic N) is 1. The van der Waals surface area contributed by atoms with E-state index in [0.29, 0.717) is 0 Å². The van der Waals surface area contributed by atoms with Gasteiger partial charge >= 0.3 is 0 Å². The summed E-state index contributed by atoms with van der Waals surface area (Å²) in [7, 11) is -4.11. The van der Waals surface area contributed by atoms with Gasteiger partial charge in [0.25, 0.3) is 10.0 Å². The van der Waals surface area contributed by atoms with Gasteiger partial charge in [-0.05, 0) is 12.1 Å². The van der Waals surface area contributed by atoms with Crippen molar-refractivity contribution < 1.29 is 18.0 Å². The second-order valence-corrected chi connectivity index (χ2v) is 7.74. The lowest BCUT2D eigenvalue weighted by atomic mass is 9.92. The maximum absolute atomic E-state index is 13.1. The number of benzene rings is 2. The SMILES string of the molecule is C=CCN(C1=C(Cl)C(=O)c2ccccc2C1=O)S(=O)(=O)c1ccccc1. The average molecular weight is 388 g/mol. The molecule has 5 nitrogen and oxygen atoms in total. The van der Waals surface area contributed by atoms with E-state index in [1.165, 1.54) is 30.3 Å². The molecule has 1 aliphatic rings. The highest BCUT2D eigenvalue weighted by Gasteiger charge is 2.38. The van der Waals surface area contributed by atoms with E-state index in [-0.39, 0.29) is 28.3 Å². The fourth-order valence-corrected chi connectivity index (χ4v) is 4.51. The molecule has 26 heavy (non-hydrogen) atoms. The molecule has 0 atom stereocenters. The Morgan fingerprint density at radius 1 is 0.923 bits per heavy atom.